The molecule has 0 amide bonds. The first-order valence-electron chi connectivity index (χ1n) is 7.95. The summed E-state index contributed by atoms with van der Waals surface area (Å²) >= 11 is 0. The van der Waals surface area contributed by atoms with E-state index in [0.717, 1.165) is 42.6 Å². The van der Waals surface area contributed by atoms with Gasteiger partial charge in [-0.15, -0.1) is 0 Å². The zero-order valence-corrected chi connectivity index (χ0v) is 13.0. The topological polar surface area (TPSA) is 55.0 Å². The smallest absolute Gasteiger partial charge is 0.339 e. The molecule has 2 aromatic rings. The van der Waals surface area contributed by atoms with Crippen molar-refractivity contribution in [3.63, 3.8) is 0 Å². The average Bonchev–Trinajstić information content (AvgIpc) is 2.99. The molecule has 4 heteroatoms. The average molecular weight is 296 g/mol. The third-order valence-corrected chi connectivity index (χ3v) is 5.15. The van der Waals surface area contributed by atoms with Crippen molar-refractivity contribution in [3.05, 3.63) is 52.6 Å². The Kier molecular flexibility index (Phi) is 2.90. The number of rotatable bonds is 1. The van der Waals surface area contributed by atoms with Crippen molar-refractivity contribution in [3.8, 4) is 0 Å². The number of imidazole rings is 1. The molecule has 4 nitrogen and oxygen atoms in total. The Labute approximate surface area is 129 Å². The summed E-state index contributed by atoms with van der Waals surface area (Å²) in [4.78, 5) is 20.0. The van der Waals surface area contributed by atoms with Gasteiger partial charge < -0.3 is 9.72 Å². The van der Waals surface area contributed by atoms with Gasteiger partial charge >= 0.3 is 5.97 Å². The number of nitrogens with one attached hydrogen (secondary N) is 1. The highest BCUT2D eigenvalue weighted by atomic mass is 16.6. The molecule has 1 aromatic heterocycles. The number of hydrogen-bond acceptors (Lipinski definition) is 3. The first-order valence-corrected chi connectivity index (χ1v) is 7.95. The number of carbonyl (C=O) groups is 1. The molecule has 1 saturated carbocycles. The molecule has 1 aliphatic heterocycles. The lowest BCUT2D eigenvalue weighted by atomic mass is 9.74. The number of benzene rings is 1. The Morgan fingerprint density at radius 1 is 1.23 bits per heavy atom. The third kappa shape index (κ3) is 1.90. The summed E-state index contributed by atoms with van der Waals surface area (Å²) < 4.78 is 5.81. The molecule has 1 spiro atoms. The molecule has 22 heavy (non-hydrogen) atoms. The van der Waals surface area contributed by atoms with Crippen LogP contribution in [0, 0.1) is 13.8 Å². The summed E-state index contributed by atoms with van der Waals surface area (Å²) in [7, 11) is 0. The SMILES string of the molecule is Cc1nc(C2CCC3(CC2)OC(=O)c2ccccc23)c(C)[nH]1. The normalized spacial score (nSPS) is 27.0. The number of H-pyrrole nitrogens is 1. The van der Waals surface area contributed by atoms with E-state index < -0.39 is 5.60 Å². The van der Waals surface area contributed by atoms with Crippen molar-refractivity contribution in [1.82, 2.24) is 9.97 Å². The Morgan fingerprint density at radius 2 is 1.95 bits per heavy atom. The van der Waals surface area contributed by atoms with Crippen LogP contribution in [-0.2, 0) is 10.3 Å². The number of aromatic nitrogens is 2. The van der Waals surface area contributed by atoms with Gasteiger partial charge in [-0.05, 0) is 45.6 Å². The minimum atomic E-state index is -0.399. The standard InChI is InChI=1S/C18H20N2O2/c1-11-16(20-12(2)19-11)13-7-9-18(10-8-13)15-6-4-3-5-14(15)17(21)22-18/h3-6,13H,7-10H2,1-2H3,(H,19,20). The number of carbonyl (C=O) groups excluding carboxylic acids is 1. The maximum atomic E-state index is 12.1. The summed E-state index contributed by atoms with van der Waals surface area (Å²) in [6.45, 7) is 4.08. The molecule has 1 N–H and O–H groups in total. The highest BCUT2D eigenvalue weighted by molar-refractivity contribution is 5.94. The van der Waals surface area contributed by atoms with Gasteiger partial charge in [0.05, 0.1) is 11.3 Å². The van der Waals surface area contributed by atoms with Crippen molar-refractivity contribution >= 4 is 5.97 Å². The van der Waals surface area contributed by atoms with Crippen LogP contribution >= 0.6 is 0 Å². The van der Waals surface area contributed by atoms with E-state index in [1.165, 1.54) is 11.4 Å². The largest absolute Gasteiger partial charge is 0.451 e. The summed E-state index contributed by atoms with van der Waals surface area (Å²) in [6.07, 6.45) is 3.77. The molecule has 4 rings (SSSR count). The number of aromatic amines is 1. The predicted molar refractivity (Wildman–Crippen MR) is 82.8 cm³/mol. The van der Waals surface area contributed by atoms with Crippen molar-refractivity contribution in [2.45, 2.75) is 51.0 Å². The molecule has 2 heterocycles. The van der Waals surface area contributed by atoms with Crippen LogP contribution in [0.25, 0.3) is 0 Å². The summed E-state index contributed by atoms with van der Waals surface area (Å²) in [6, 6.07) is 7.82. The van der Waals surface area contributed by atoms with Crippen LogP contribution < -0.4 is 0 Å². The van der Waals surface area contributed by atoms with Crippen LogP contribution in [-0.4, -0.2) is 15.9 Å². The predicted octanol–water partition coefficient (Wildman–Crippen LogP) is 3.75. The molecule has 0 atom stereocenters. The lowest BCUT2D eigenvalue weighted by Gasteiger charge is -2.36. The van der Waals surface area contributed by atoms with Crippen LogP contribution in [0.2, 0.25) is 0 Å². The molecule has 1 aromatic carbocycles. The molecule has 0 unspecified atom stereocenters. The summed E-state index contributed by atoms with van der Waals surface area (Å²) in [5.41, 5.74) is 3.78. The zero-order valence-electron chi connectivity index (χ0n) is 13.0. The van der Waals surface area contributed by atoms with Crippen LogP contribution in [0.15, 0.2) is 24.3 Å². The number of nitrogens with zero attached hydrogens (tertiary/aromatic N) is 1. The first-order chi connectivity index (χ1) is 10.6. The second-order valence-corrected chi connectivity index (χ2v) is 6.54. The van der Waals surface area contributed by atoms with Crippen LogP contribution in [0.1, 0.15) is 64.7 Å². The highest BCUT2D eigenvalue weighted by Gasteiger charge is 2.47. The van der Waals surface area contributed by atoms with E-state index in [2.05, 4.69) is 16.9 Å². The van der Waals surface area contributed by atoms with E-state index in [-0.39, 0.29) is 5.97 Å². The van der Waals surface area contributed by atoms with Crippen LogP contribution in [0.4, 0.5) is 0 Å². The Hall–Kier alpha value is -2.10. The maximum Gasteiger partial charge on any atom is 0.339 e. The van der Waals surface area contributed by atoms with Crippen LogP contribution in [0.3, 0.4) is 0 Å². The van der Waals surface area contributed by atoms with Gasteiger partial charge in [-0.2, -0.15) is 0 Å². The first kappa shape index (κ1) is 13.6. The molecular weight excluding hydrogens is 276 g/mol. The van der Waals surface area contributed by atoms with E-state index in [1.54, 1.807) is 0 Å². The van der Waals surface area contributed by atoms with Gasteiger partial charge in [0, 0.05) is 17.2 Å². The van der Waals surface area contributed by atoms with E-state index >= 15 is 0 Å². The fourth-order valence-corrected chi connectivity index (χ4v) is 4.10. The second kappa shape index (κ2) is 4.70. The number of hydrogen-bond donors (Lipinski definition) is 1. The fourth-order valence-electron chi connectivity index (χ4n) is 4.10. The van der Waals surface area contributed by atoms with Gasteiger partial charge in [0.2, 0.25) is 0 Å². The third-order valence-electron chi connectivity index (χ3n) is 5.15. The van der Waals surface area contributed by atoms with Gasteiger partial charge in [-0.1, -0.05) is 18.2 Å². The lowest BCUT2D eigenvalue weighted by molar-refractivity contribution is -0.0311. The van der Waals surface area contributed by atoms with E-state index in [0.29, 0.717) is 5.92 Å². The van der Waals surface area contributed by atoms with Gasteiger partial charge in [-0.25, -0.2) is 9.78 Å². The Balaban J connectivity index is 1.60. The zero-order chi connectivity index (χ0) is 15.3. The van der Waals surface area contributed by atoms with Gasteiger partial charge in [0.25, 0.3) is 0 Å². The minimum Gasteiger partial charge on any atom is -0.451 e. The summed E-state index contributed by atoms with van der Waals surface area (Å²) in [5, 5.41) is 0. The number of esters is 1. The van der Waals surface area contributed by atoms with Gasteiger partial charge in [-0.3, -0.25) is 0 Å². The highest BCUT2D eigenvalue weighted by Crippen LogP contribution is 2.50. The van der Waals surface area contributed by atoms with Crippen LogP contribution in [0.5, 0.6) is 0 Å². The fraction of sp³-hybridized carbons (Fsp3) is 0.444. The maximum absolute atomic E-state index is 12.1. The summed E-state index contributed by atoms with van der Waals surface area (Å²) in [5.74, 6) is 1.27. The van der Waals surface area contributed by atoms with Crippen molar-refractivity contribution in [2.75, 3.05) is 0 Å². The molecule has 2 aliphatic rings. The van der Waals surface area contributed by atoms with Crippen molar-refractivity contribution in [1.29, 1.82) is 0 Å². The second-order valence-electron chi connectivity index (χ2n) is 6.54. The monoisotopic (exact) mass is 296 g/mol. The number of fused-ring (bicyclic) bond motifs is 2. The van der Waals surface area contributed by atoms with Crippen molar-refractivity contribution in [2.24, 2.45) is 0 Å². The minimum absolute atomic E-state index is 0.166. The quantitative estimate of drug-likeness (QED) is 0.815. The molecule has 114 valence electrons. The number of ether oxygens (including phenoxy) is 1. The van der Waals surface area contributed by atoms with Gasteiger partial charge in [0.15, 0.2) is 0 Å². The molecular formula is C18H20N2O2. The van der Waals surface area contributed by atoms with Gasteiger partial charge in [0.1, 0.15) is 11.4 Å². The van der Waals surface area contributed by atoms with E-state index in [9.17, 15) is 4.79 Å². The lowest BCUT2D eigenvalue weighted by Crippen LogP contribution is -2.31. The van der Waals surface area contributed by atoms with Crippen molar-refractivity contribution < 1.29 is 9.53 Å². The Morgan fingerprint density at radius 3 is 2.64 bits per heavy atom. The molecule has 0 bridgehead atoms. The Bertz CT molecular complexity index is 739. The van der Waals surface area contributed by atoms with E-state index in [1.807, 2.05) is 31.2 Å². The molecule has 0 radical (unpaired) electrons. The molecule has 1 aliphatic carbocycles. The molecule has 0 saturated heterocycles. The number of aryl methyl sites for hydroxylation is 2. The van der Waals surface area contributed by atoms with E-state index in [4.69, 9.17) is 4.74 Å². The molecule has 1 fully saturated rings.